The SMILES string of the molecule is CCNC(CCOc1c(F)c(F)cc(F)c1F)C(=O)O. The maximum atomic E-state index is 13.2. The molecule has 1 unspecified atom stereocenters. The Bertz CT molecular complexity index is 470. The van der Waals surface area contributed by atoms with Crippen molar-refractivity contribution in [1.82, 2.24) is 5.32 Å². The molecule has 1 aromatic rings. The Kier molecular flexibility index (Phi) is 5.75. The van der Waals surface area contributed by atoms with Gasteiger partial charge in [0.1, 0.15) is 6.04 Å². The molecular formula is C12H13F4NO3. The Hall–Kier alpha value is -1.83. The van der Waals surface area contributed by atoms with E-state index in [0.29, 0.717) is 6.54 Å². The number of halogens is 4. The lowest BCUT2D eigenvalue weighted by Crippen LogP contribution is -2.37. The van der Waals surface area contributed by atoms with E-state index in [0.717, 1.165) is 0 Å². The molecule has 0 spiro atoms. The Labute approximate surface area is 112 Å². The highest BCUT2D eigenvalue weighted by atomic mass is 19.2. The molecule has 1 atom stereocenters. The molecule has 20 heavy (non-hydrogen) atoms. The third-order valence-electron chi connectivity index (χ3n) is 2.47. The Balaban J connectivity index is 2.73. The number of likely N-dealkylation sites (N-methyl/N-ethyl adjacent to an activating group) is 1. The van der Waals surface area contributed by atoms with E-state index < -0.39 is 47.6 Å². The van der Waals surface area contributed by atoms with Gasteiger partial charge in [0.05, 0.1) is 6.61 Å². The third kappa shape index (κ3) is 3.83. The van der Waals surface area contributed by atoms with Gasteiger partial charge in [-0.25, -0.2) is 8.78 Å². The highest BCUT2D eigenvalue weighted by Gasteiger charge is 2.22. The molecule has 0 aliphatic rings. The molecule has 0 radical (unpaired) electrons. The second-order valence-corrected chi connectivity index (χ2v) is 3.88. The number of ether oxygens (including phenoxy) is 1. The summed E-state index contributed by atoms with van der Waals surface area (Å²) in [4.78, 5) is 10.8. The van der Waals surface area contributed by atoms with E-state index in [1.165, 1.54) is 0 Å². The van der Waals surface area contributed by atoms with Gasteiger partial charge < -0.3 is 15.2 Å². The molecule has 4 nitrogen and oxygen atoms in total. The van der Waals surface area contributed by atoms with Gasteiger partial charge in [-0.2, -0.15) is 8.78 Å². The lowest BCUT2D eigenvalue weighted by molar-refractivity contribution is -0.139. The van der Waals surface area contributed by atoms with E-state index in [1.54, 1.807) is 6.92 Å². The van der Waals surface area contributed by atoms with Crippen LogP contribution in [0.2, 0.25) is 0 Å². The molecule has 0 aliphatic carbocycles. The van der Waals surface area contributed by atoms with Crippen molar-refractivity contribution in [2.75, 3.05) is 13.2 Å². The van der Waals surface area contributed by atoms with E-state index >= 15 is 0 Å². The van der Waals surface area contributed by atoms with E-state index in [9.17, 15) is 22.4 Å². The van der Waals surface area contributed by atoms with E-state index in [-0.39, 0.29) is 12.5 Å². The number of nitrogens with one attached hydrogen (secondary N) is 1. The first kappa shape index (κ1) is 16.2. The topological polar surface area (TPSA) is 58.6 Å². The summed E-state index contributed by atoms with van der Waals surface area (Å²) in [5, 5.41) is 11.4. The van der Waals surface area contributed by atoms with E-state index in [2.05, 4.69) is 10.1 Å². The van der Waals surface area contributed by atoms with Gasteiger partial charge in [-0.15, -0.1) is 0 Å². The average molecular weight is 295 g/mol. The second kappa shape index (κ2) is 7.09. The molecule has 1 aromatic carbocycles. The van der Waals surface area contributed by atoms with Crippen molar-refractivity contribution in [3.63, 3.8) is 0 Å². The summed E-state index contributed by atoms with van der Waals surface area (Å²) in [7, 11) is 0. The maximum absolute atomic E-state index is 13.2. The number of aliphatic carboxylic acids is 1. The minimum atomic E-state index is -1.65. The highest BCUT2D eigenvalue weighted by molar-refractivity contribution is 5.73. The van der Waals surface area contributed by atoms with Crippen LogP contribution in [-0.4, -0.2) is 30.3 Å². The quantitative estimate of drug-likeness (QED) is 0.597. The number of carboxylic acid groups (broad SMARTS) is 1. The monoisotopic (exact) mass is 295 g/mol. The Morgan fingerprint density at radius 3 is 2.30 bits per heavy atom. The molecule has 0 aliphatic heterocycles. The molecule has 0 bridgehead atoms. The molecule has 0 aromatic heterocycles. The van der Waals surface area contributed by atoms with Crippen LogP contribution in [0.5, 0.6) is 5.75 Å². The predicted octanol–water partition coefficient (Wildman–Crippen LogP) is 2.07. The summed E-state index contributed by atoms with van der Waals surface area (Å²) >= 11 is 0. The van der Waals surface area contributed by atoms with E-state index in [4.69, 9.17) is 5.11 Å². The number of carboxylic acids is 1. The van der Waals surface area contributed by atoms with Crippen molar-refractivity contribution in [2.24, 2.45) is 0 Å². The molecule has 0 amide bonds. The zero-order chi connectivity index (χ0) is 15.3. The van der Waals surface area contributed by atoms with Crippen LogP contribution in [0.3, 0.4) is 0 Å². The first-order chi connectivity index (χ1) is 9.38. The van der Waals surface area contributed by atoms with Crippen molar-refractivity contribution in [1.29, 1.82) is 0 Å². The first-order valence-corrected chi connectivity index (χ1v) is 5.80. The molecule has 8 heteroatoms. The maximum Gasteiger partial charge on any atom is 0.320 e. The summed E-state index contributed by atoms with van der Waals surface area (Å²) in [6, 6.07) is -0.916. The van der Waals surface area contributed by atoms with Gasteiger partial charge in [0.2, 0.25) is 11.6 Å². The number of hydrogen-bond acceptors (Lipinski definition) is 3. The number of rotatable bonds is 7. The molecule has 1 rings (SSSR count). The third-order valence-corrected chi connectivity index (χ3v) is 2.47. The molecule has 112 valence electrons. The van der Waals surface area contributed by atoms with Crippen LogP contribution < -0.4 is 10.1 Å². The van der Waals surface area contributed by atoms with Crippen molar-refractivity contribution >= 4 is 5.97 Å². The number of carbonyl (C=O) groups is 1. The van der Waals surface area contributed by atoms with Gasteiger partial charge in [-0.1, -0.05) is 6.92 Å². The van der Waals surface area contributed by atoms with Crippen LogP contribution in [-0.2, 0) is 4.79 Å². The fraction of sp³-hybridized carbons (Fsp3) is 0.417. The van der Waals surface area contributed by atoms with Crippen molar-refractivity contribution < 1.29 is 32.2 Å². The Morgan fingerprint density at radius 2 is 1.85 bits per heavy atom. The van der Waals surface area contributed by atoms with Gasteiger partial charge in [-0.3, -0.25) is 4.79 Å². The van der Waals surface area contributed by atoms with Crippen LogP contribution >= 0.6 is 0 Å². The summed E-state index contributed by atoms with van der Waals surface area (Å²) in [6.07, 6.45) is -0.125. The smallest absolute Gasteiger partial charge is 0.320 e. The fourth-order valence-electron chi connectivity index (χ4n) is 1.52. The molecule has 0 heterocycles. The highest BCUT2D eigenvalue weighted by Crippen LogP contribution is 2.26. The second-order valence-electron chi connectivity index (χ2n) is 3.88. The summed E-state index contributed by atoms with van der Waals surface area (Å²) in [5.74, 6) is -8.83. The normalized spacial score (nSPS) is 12.2. The zero-order valence-corrected chi connectivity index (χ0v) is 10.6. The zero-order valence-electron chi connectivity index (χ0n) is 10.6. The van der Waals surface area contributed by atoms with Crippen molar-refractivity contribution in [2.45, 2.75) is 19.4 Å². The van der Waals surface area contributed by atoms with Crippen LogP contribution in [0.15, 0.2) is 6.07 Å². The Morgan fingerprint density at radius 1 is 1.30 bits per heavy atom. The van der Waals surface area contributed by atoms with Crippen LogP contribution in [0.25, 0.3) is 0 Å². The van der Waals surface area contributed by atoms with Crippen molar-refractivity contribution in [3.05, 3.63) is 29.3 Å². The predicted molar refractivity (Wildman–Crippen MR) is 61.5 cm³/mol. The lowest BCUT2D eigenvalue weighted by atomic mass is 10.2. The van der Waals surface area contributed by atoms with Crippen LogP contribution in [0.1, 0.15) is 13.3 Å². The van der Waals surface area contributed by atoms with E-state index in [1.807, 2.05) is 0 Å². The van der Waals surface area contributed by atoms with Gasteiger partial charge >= 0.3 is 5.97 Å². The minimum absolute atomic E-state index is 0.0657. The fourth-order valence-corrected chi connectivity index (χ4v) is 1.52. The van der Waals surface area contributed by atoms with Gasteiger partial charge in [-0.05, 0) is 6.54 Å². The number of hydrogen-bond donors (Lipinski definition) is 2. The van der Waals surface area contributed by atoms with Gasteiger partial charge in [0.15, 0.2) is 17.4 Å². The molecule has 0 saturated heterocycles. The van der Waals surface area contributed by atoms with Crippen LogP contribution in [0.4, 0.5) is 17.6 Å². The van der Waals surface area contributed by atoms with Crippen molar-refractivity contribution in [3.8, 4) is 5.75 Å². The molecule has 0 fully saturated rings. The summed E-state index contributed by atoms with van der Waals surface area (Å²) < 4.78 is 56.9. The largest absolute Gasteiger partial charge is 0.487 e. The van der Waals surface area contributed by atoms with Gasteiger partial charge in [0.25, 0.3) is 0 Å². The molecular weight excluding hydrogens is 282 g/mol. The average Bonchev–Trinajstić information content (AvgIpc) is 2.39. The minimum Gasteiger partial charge on any atom is -0.487 e. The van der Waals surface area contributed by atoms with Crippen LogP contribution in [0, 0.1) is 23.3 Å². The molecule has 0 saturated carbocycles. The standard InChI is InChI=1S/C12H13F4NO3/c1-2-17-8(12(18)19)3-4-20-11-9(15)6(13)5-7(14)10(11)16/h5,8,17H,2-4H2,1H3,(H,18,19). The lowest BCUT2D eigenvalue weighted by Gasteiger charge is -2.14. The summed E-state index contributed by atoms with van der Waals surface area (Å²) in [6.45, 7) is 1.63. The summed E-state index contributed by atoms with van der Waals surface area (Å²) in [5.41, 5.74) is 0. The number of benzene rings is 1. The molecule has 2 N–H and O–H groups in total. The first-order valence-electron chi connectivity index (χ1n) is 5.80. The van der Waals surface area contributed by atoms with Gasteiger partial charge in [0, 0.05) is 12.5 Å².